The first-order chi connectivity index (χ1) is 9.31. The maximum atomic E-state index is 5.41. The van der Waals surface area contributed by atoms with E-state index in [0.29, 0.717) is 19.8 Å². The van der Waals surface area contributed by atoms with Crippen LogP contribution in [0.25, 0.3) is 10.9 Å². The van der Waals surface area contributed by atoms with Gasteiger partial charge in [0.2, 0.25) is 0 Å². The minimum atomic E-state index is 0.627. The first-order valence-corrected chi connectivity index (χ1v) is 6.48. The normalized spacial score (nSPS) is 10.8. The van der Waals surface area contributed by atoms with Crippen LogP contribution < -0.4 is 5.32 Å². The highest BCUT2D eigenvalue weighted by Crippen LogP contribution is 2.19. The highest BCUT2D eigenvalue weighted by molar-refractivity contribution is 5.81. The molecule has 2 aromatic rings. The second-order valence-electron chi connectivity index (χ2n) is 4.38. The predicted octanol–water partition coefficient (Wildman–Crippen LogP) is 2.62. The number of nitrogens with one attached hydrogen (secondary N) is 1. The first-order valence-electron chi connectivity index (χ1n) is 6.48. The Morgan fingerprint density at radius 1 is 1.16 bits per heavy atom. The molecule has 0 spiro atoms. The molecule has 0 unspecified atom stereocenters. The van der Waals surface area contributed by atoms with Crippen LogP contribution >= 0.6 is 0 Å². The second kappa shape index (κ2) is 7.07. The molecule has 0 bridgehead atoms. The van der Waals surface area contributed by atoms with Gasteiger partial charge in [0.15, 0.2) is 0 Å². The number of benzene rings is 1. The highest BCUT2D eigenvalue weighted by atomic mass is 16.5. The number of nitrogens with zero attached hydrogens (tertiary/aromatic N) is 1. The van der Waals surface area contributed by atoms with Crippen molar-refractivity contribution in [3.63, 3.8) is 0 Å². The average molecular weight is 260 g/mol. The van der Waals surface area contributed by atoms with E-state index in [-0.39, 0.29) is 0 Å². The largest absolute Gasteiger partial charge is 0.382 e. The number of aromatic nitrogens is 1. The summed E-state index contributed by atoms with van der Waals surface area (Å²) < 4.78 is 10.3. The number of ether oxygens (including phenoxy) is 2. The third kappa shape index (κ3) is 3.91. The standard InChI is InChI=1S/C15H20N2O2/c1-12-11-13-5-3-4-6-14(13)17-15(12)16-7-8-19-10-9-18-2/h3-6,11H,7-10H2,1-2H3,(H,16,17). The van der Waals surface area contributed by atoms with E-state index in [9.17, 15) is 0 Å². The topological polar surface area (TPSA) is 43.4 Å². The summed E-state index contributed by atoms with van der Waals surface area (Å²) in [5.41, 5.74) is 2.16. The third-order valence-corrected chi connectivity index (χ3v) is 2.89. The van der Waals surface area contributed by atoms with Crippen molar-refractivity contribution in [1.82, 2.24) is 4.98 Å². The lowest BCUT2D eigenvalue weighted by atomic mass is 10.1. The Bertz CT molecular complexity index is 529. The van der Waals surface area contributed by atoms with Crippen molar-refractivity contribution in [2.24, 2.45) is 0 Å². The van der Waals surface area contributed by atoms with Gasteiger partial charge >= 0.3 is 0 Å². The number of anilines is 1. The van der Waals surface area contributed by atoms with Gasteiger partial charge in [-0.05, 0) is 24.6 Å². The van der Waals surface area contributed by atoms with Gasteiger partial charge < -0.3 is 14.8 Å². The van der Waals surface area contributed by atoms with E-state index in [1.54, 1.807) is 7.11 Å². The van der Waals surface area contributed by atoms with E-state index in [1.807, 2.05) is 18.2 Å². The molecule has 0 atom stereocenters. The molecule has 0 amide bonds. The minimum absolute atomic E-state index is 0.627. The number of rotatable bonds is 7. The molecule has 4 heteroatoms. The second-order valence-corrected chi connectivity index (χ2v) is 4.38. The molecular formula is C15H20N2O2. The summed E-state index contributed by atoms with van der Waals surface area (Å²) in [6.07, 6.45) is 0. The number of hydrogen-bond donors (Lipinski definition) is 1. The predicted molar refractivity (Wildman–Crippen MR) is 77.7 cm³/mol. The fourth-order valence-electron chi connectivity index (χ4n) is 1.89. The Labute approximate surface area is 113 Å². The van der Waals surface area contributed by atoms with Gasteiger partial charge in [0.25, 0.3) is 0 Å². The summed E-state index contributed by atoms with van der Waals surface area (Å²) in [6, 6.07) is 10.3. The Balaban J connectivity index is 1.91. The lowest BCUT2D eigenvalue weighted by molar-refractivity contribution is 0.0759. The molecule has 0 fully saturated rings. The lowest BCUT2D eigenvalue weighted by Crippen LogP contribution is -2.13. The van der Waals surface area contributed by atoms with Gasteiger partial charge in [-0.1, -0.05) is 18.2 Å². The van der Waals surface area contributed by atoms with Crippen LogP contribution in [0.15, 0.2) is 30.3 Å². The van der Waals surface area contributed by atoms with Crippen LogP contribution in [-0.2, 0) is 9.47 Å². The molecule has 0 radical (unpaired) electrons. The van der Waals surface area contributed by atoms with E-state index < -0.39 is 0 Å². The summed E-state index contributed by atoms with van der Waals surface area (Å²) in [7, 11) is 1.67. The van der Waals surface area contributed by atoms with E-state index in [1.165, 1.54) is 5.39 Å². The minimum Gasteiger partial charge on any atom is -0.382 e. The molecule has 1 N–H and O–H groups in total. The van der Waals surface area contributed by atoms with Gasteiger partial charge in [0.1, 0.15) is 5.82 Å². The molecule has 0 aliphatic carbocycles. The molecule has 0 aliphatic heterocycles. The fraction of sp³-hybridized carbons (Fsp3) is 0.400. The van der Waals surface area contributed by atoms with Crippen molar-refractivity contribution in [2.75, 3.05) is 38.8 Å². The average Bonchev–Trinajstić information content (AvgIpc) is 2.43. The summed E-state index contributed by atoms with van der Waals surface area (Å²) in [5, 5.41) is 4.47. The van der Waals surface area contributed by atoms with Crippen LogP contribution in [0.2, 0.25) is 0 Å². The van der Waals surface area contributed by atoms with Crippen molar-refractivity contribution in [2.45, 2.75) is 6.92 Å². The molecule has 102 valence electrons. The summed E-state index contributed by atoms with van der Waals surface area (Å²) in [4.78, 5) is 4.62. The van der Waals surface area contributed by atoms with Crippen molar-refractivity contribution < 1.29 is 9.47 Å². The number of methoxy groups -OCH3 is 1. The van der Waals surface area contributed by atoms with Gasteiger partial charge in [0, 0.05) is 19.0 Å². The molecule has 2 rings (SSSR count). The Hall–Kier alpha value is -1.65. The van der Waals surface area contributed by atoms with Gasteiger partial charge in [0.05, 0.1) is 25.3 Å². The summed E-state index contributed by atoms with van der Waals surface area (Å²) in [6.45, 7) is 4.72. The Kier molecular flexibility index (Phi) is 5.12. The fourth-order valence-corrected chi connectivity index (χ4v) is 1.89. The van der Waals surface area contributed by atoms with Gasteiger partial charge in [-0.15, -0.1) is 0 Å². The van der Waals surface area contributed by atoms with Crippen molar-refractivity contribution >= 4 is 16.7 Å². The molecule has 4 nitrogen and oxygen atoms in total. The smallest absolute Gasteiger partial charge is 0.129 e. The van der Waals surface area contributed by atoms with Crippen LogP contribution in [0.5, 0.6) is 0 Å². The first kappa shape index (κ1) is 13.8. The maximum absolute atomic E-state index is 5.41. The monoisotopic (exact) mass is 260 g/mol. The third-order valence-electron chi connectivity index (χ3n) is 2.89. The Morgan fingerprint density at radius 2 is 2.00 bits per heavy atom. The van der Waals surface area contributed by atoms with Gasteiger partial charge in [-0.2, -0.15) is 0 Å². The van der Waals surface area contributed by atoms with Crippen molar-refractivity contribution in [1.29, 1.82) is 0 Å². The maximum Gasteiger partial charge on any atom is 0.129 e. The molecule has 0 aliphatic rings. The SMILES string of the molecule is COCCOCCNc1nc2ccccc2cc1C. The number of hydrogen-bond acceptors (Lipinski definition) is 4. The number of para-hydroxylation sites is 1. The van der Waals surface area contributed by atoms with Gasteiger partial charge in [-0.3, -0.25) is 0 Å². The molecule has 1 aromatic carbocycles. The summed E-state index contributed by atoms with van der Waals surface area (Å²) >= 11 is 0. The zero-order valence-electron chi connectivity index (χ0n) is 11.5. The number of pyridine rings is 1. The van der Waals surface area contributed by atoms with Crippen LogP contribution in [0.3, 0.4) is 0 Å². The van der Waals surface area contributed by atoms with Crippen LogP contribution in [0.4, 0.5) is 5.82 Å². The Morgan fingerprint density at radius 3 is 2.84 bits per heavy atom. The zero-order valence-corrected chi connectivity index (χ0v) is 11.5. The van der Waals surface area contributed by atoms with Crippen LogP contribution in [-0.4, -0.2) is 38.5 Å². The molecule has 0 saturated heterocycles. The van der Waals surface area contributed by atoms with E-state index in [2.05, 4.69) is 29.4 Å². The summed E-state index contributed by atoms with van der Waals surface area (Å²) in [5.74, 6) is 0.925. The van der Waals surface area contributed by atoms with E-state index >= 15 is 0 Å². The molecule has 0 saturated carbocycles. The van der Waals surface area contributed by atoms with Gasteiger partial charge in [-0.25, -0.2) is 4.98 Å². The lowest BCUT2D eigenvalue weighted by Gasteiger charge is -2.10. The quantitative estimate of drug-likeness (QED) is 0.777. The number of aryl methyl sites for hydroxylation is 1. The van der Waals surface area contributed by atoms with Crippen molar-refractivity contribution in [3.05, 3.63) is 35.9 Å². The van der Waals surface area contributed by atoms with E-state index in [4.69, 9.17) is 9.47 Å². The van der Waals surface area contributed by atoms with Crippen LogP contribution in [0, 0.1) is 6.92 Å². The molecular weight excluding hydrogens is 240 g/mol. The molecule has 19 heavy (non-hydrogen) atoms. The molecule has 1 aromatic heterocycles. The number of fused-ring (bicyclic) bond motifs is 1. The van der Waals surface area contributed by atoms with Crippen molar-refractivity contribution in [3.8, 4) is 0 Å². The highest BCUT2D eigenvalue weighted by Gasteiger charge is 2.02. The zero-order chi connectivity index (χ0) is 13.5. The van der Waals surface area contributed by atoms with E-state index in [0.717, 1.165) is 23.4 Å². The molecule has 1 heterocycles. The van der Waals surface area contributed by atoms with Crippen LogP contribution in [0.1, 0.15) is 5.56 Å².